The van der Waals surface area contributed by atoms with Crippen molar-refractivity contribution in [2.75, 3.05) is 36.4 Å². The van der Waals surface area contributed by atoms with E-state index in [2.05, 4.69) is 55.3 Å². The average molecular weight is 430 g/mol. The van der Waals surface area contributed by atoms with Crippen molar-refractivity contribution in [2.24, 2.45) is 0 Å². The molecular formula is C26H31N5O. The summed E-state index contributed by atoms with van der Waals surface area (Å²) >= 11 is 0. The second kappa shape index (κ2) is 9.39. The number of hydrogen-bond donors (Lipinski definition) is 1. The quantitative estimate of drug-likeness (QED) is 0.635. The van der Waals surface area contributed by atoms with Crippen molar-refractivity contribution >= 4 is 17.5 Å². The first-order valence-electron chi connectivity index (χ1n) is 11.3. The van der Waals surface area contributed by atoms with Gasteiger partial charge in [-0.15, -0.1) is 0 Å². The van der Waals surface area contributed by atoms with Crippen LogP contribution < -0.4 is 10.2 Å². The van der Waals surface area contributed by atoms with Gasteiger partial charge in [-0.1, -0.05) is 42.8 Å². The van der Waals surface area contributed by atoms with Crippen LogP contribution in [0.1, 0.15) is 29.3 Å². The maximum Gasteiger partial charge on any atom is 0.321 e. The van der Waals surface area contributed by atoms with Crippen molar-refractivity contribution in [2.45, 2.75) is 34.1 Å². The summed E-state index contributed by atoms with van der Waals surface area (Å²) < 4.78 is 0. The lowest BCUT2D eigenvalue weighted by molar-refractivity contribution is 0.208. The SMILES string of the molecule is CCc1cccc(NC(=O)N2CCN(c3nc(-c4cccc(C)c4)nc(C)c3C)CC2)c1. The van der Waals surface area contributed by atoms with E-state index in [-0.39, 0.29) is 6.03 Å². The maximum atomic E-state index is 12.8. The van der Waals surface area contributed by atoms with E-state index >= 15 is 0 Å². The monoisotopic (exact) mass is 429 g/mol. The molecule has 2 heterocycles. The third kappa shape index (κ3) is 4.74. The van der Waals surface area contributed by atoms with Gasteiger partial charge in [-0.25, -0.2) is 14.8 Å². The molecule has 166 valence electrons. The largest absolute Gasteiger partial charge is 0.353 e. The van der Waals surface area contributed by atoms with E-state index in [1.165, 1.54) is 11.1 Å². The summed E-state index contributed by atoms with van der Waals surface area (Å²) in [5.41, 5.74) is 6.36. The summed E-state index contributed by atoms with van der Waals surface area (Å²) in [6.07, 6.45) is 0.949. The summed E-state index contributed by atoms with van der Waals surface area (Å²) in [5.74, 6) is 1.72. The molecule has 1 N–H and O–H groups in total. The summed E-state index contributed by atoms with van der Waals surface area (Å²) in [6, 6.07) is 16.3. The number of hydrogen-bond acceptors (Lipinski definition) is 4. The van der Waals surface area contributed by atoms with Gasteiger partial charge < -0.3 is 15.1 Å². The van der Waals surface area contributed by atoms with Crippen molar-refractivity contribution in [1.82, 2.24) is 14.9 Å². The van der Waals surface area contributed by atoms with Crippen molar-refractivity contribution in [3.63, 3.8) is 0 Å². The molecule has 1 fully saturated rings. The number of urea groups is 1. The molecular weight excluding hydrogens is 398 g/mol. The Balaban J connectivity index is 1.46. The summed E-state index contributed by atoms with van der Waals surface area (Å²) in [6.45, 7) is 11.1. The zero-order valence-corrected chi connectivity index (χ0v) is 19.4. The molecule has 6 heteroatoms. The Labute approximate surface area is 190 Å². The molecule has 0 bridgehead atoms. The third-order valence-electron chi connectivity index (χ3n) is 6.09. The average Bonchev–Trinajstić information content (AvgIpc) is 2.81. The lowest BCUT2D eigenvalue weighted by atomic mass is 10.1. The van der Waals surface area contributed by atoms with Crippen molar-refractivity contribution in [3.8, 4) is 11.4 Å². The lowest BCUT2D eigenvalue weighted by Crippen LogP contribution is -2.50. The first kappa shape index (κ1) is 21.8. The number of anilines is 2. The maximum absolute atomic E-state index is 12.8. The highest BCUT2D eigenvalue weighted by molar-refractivity contribution is 5.89. The van der Waals surface area contributed by atoms with Crippen LogP contribution in [0.3, 0.4) is 0 Å². The number of carbonyl (C=O) groups excluding carboxylic acids is 1. The van der Waals surface area contributed by atoms with E-state index < -0.39 is 0 Å². The molecule has 32 heavy (non-hydrogen) atoms. The van der Waals surface area contributed by atoms with Gasteiger partial charge >= 0.3 is 6.03 Å². The first-order chi connectivity index (χ1) is 15.4. The molecule has 1 aliphatic rings. The fourth-order valence-electron chi connectivity index (χ4n) is 4.03. The normalized spacial score (nSPS) is 13.9. The molecule has 0 radical (unpaired) electrons. The predicted molar refractivity (Wildman–Crippen MR) is 130 cm³/mol. The van der Waals surface area contributed by atoms with Crippen LogP contribution in [0.25, 0.3) is 11.4 Å². The minimum atomic E-state index is -0.0473. The van der Waals surface area contributed by atoms with Crippen LogP contribution in [0, 0.1) is 20.8 Å². The third-order valence-corrected chi connectivity index (χ3v) is 6.09. The van der Waals surface area contributed by atoms with Crippen LogP contribution in [0.15, 0.2) is 48.5 Å². The van der Waals surface area contributed by atoms with E-state index in [4.69, 9.17) is 9.97 Å². The van der Waals surface area contributed by atoms with Gasteiger partial charge in [0.25, 0.3) is 0 Å². The molecule has 6 nitrogen and oxygen atoms in total. The van der Waals surface area contributed by atoms with Gasteiger partial charge in [0.05, 0.1) is 0 Å². The Kier molecular flexibility index (Phi) is 6.40. The number of amides is 2. The summed E-state index contributed by atoms with van der Waals surface area (Å²) in [5, 5.41) is 3.04. The Bertz CT molecular complexity index is 1120. The van der Waals surface area contributed by atoms with E-state index in [1.54, 1.807) is 0 Å². The Morgan fingerprint density at radius 3 is 2.44 bits per heavy atom. The smallest absolute Gasteiger partial charge is 0.321 e. The molecule has 0 saturated carbocycles. The van der Waals surface area contributed by atoms with Crippen molar-refractivity contribution in [1.29, 1.82) is 0 Å². The van der Waals surface area contributed by atoms with Gasteiger partial charge in [0.2, 0.25) is 0 Å². The van der Waals surface area contributed by atoms with E-state index in [0.717, 1.165) is 53.7 Å². The fraction of sp³-hybridized carbons (Fsp3) is 0.346. The predicted octanol–water partition coefficient (Wildman–Crippen LogP) is 4.99. The number of carbonyl (C=O) groups is 1. The number of rotatable bonds is 4. The van der Waals surface area contributed by atoms with Crippen LogP contribution in [0.4, 0.5) is 16.3 Å². The Morgan fingerprint density at radius 2 is 1.72 bits per heavy atom. The summed E-state index contributed by atoms with van der Waals surface area (Å²) in [7, 11) is 0. The van der Waals surface area contributed by atoms with Crippen LogP contribution >= 0.6 is 0 Å². The minimum absolute atomic E-state index is 0.0473. The van der Waals surface area contributed by atoms with Crippen molar-refractivity contribution < 1.29 is 4.79 Å². The van der Waals surface area contributed by atoms with Gasteiger partial charge in [0, 0.05) is 48.7 Å². The number of aryl methyl sites for hydroxylation is 3. The second-order valence-corrected chi connectivity index (χ2v) is 8.41. The molecule has 1 saturated heterocycles. The highest BCUT2D eigenvalue weighted by Gasteiger charge is 2.24. The van der Waals surface area contributed by atoms with Gasteiger partial charge in [-0.05, 0) is 51.0 Å². The molecule has 0 aliphatic carbocycles. The number of nitrogens with one attached hydrogen (secondary N) is 1. The number of nitrogens with zero attached hydrogens (tertiary/aromatic N) is 4. The molecule has 1 aliphatic heterocycles. The molecule has 0 spiro atoms. The highest BCUT2D eigenvalue weighted by Crippen LogP contribution is 2.26. The van der Waals surface area contributed by atoms with E-state index in [1.807, 2.05) is 36.1 Å². The first-order valence-corrected chi connectivity index (χ1v) is 11.3. The molecule has 2 aromatic carbocycles. The van der Waals surface area contributed by atoms with Crippen molar-refractivity contribution in [3.05, 3.63) is 70.9 Å². The van der Waals surface area contributed by atoms with Gasteiger partial charge in [0.1, 0.15) is 5.82 Å². The molecule has 2 amide bonds. The van der Waals surface area contributed by atoms with E-state index in [0.29, 0.717) is 13.1 Å². The molecule has 0 unspecified atom stereocenters. The van der Waals surface area contributed by atoms with Crippen LogP contribution in [0.5, 0.6) is 0 Å². The van der Waals surface area contributed by atoms with Gasteiger partial charge in [-0.2, -0.15) is 0 Å². The van der Waals surface area contributed by atoms with Gasteiger partial charge in [0.15, 0.2) is 5.82 Å². The van der Waals surface area contributed by atoms with Crippen LogP contribution in [-0.4, -0.2) is 47.1 Å². The second-order valence-electron chi connectivity index (χ2n) is 8.41. The zero-order chi connectivity index (χ0) is 22.7. The number of benzene rings is 2. The number of aromatic nitrogens is 2. The Hall–Kier alpha value is -3.41. The molecule has 4 rings (SSSR count). The molecule has 1 aromatic heterocycles. The minimum Gasteiger partial charge on any atom is -0.353 e. The fourth-order valence-corrected chi connectivity index (χ4v) is 4.03. The number of piperazine rings is 1. The molecule has 0 atom stereocenters. The Morgan fingerprint density at radius 1 is 0.969 bits per heavy atom. The lowest BCUT2D eigenvalue weighted by Gasteiger charge is -2.36. The highest BCUT2D eigenvalue weighted by atomic mass is 16.2. The van der Waals surface area contributed by atoms with Crippen LogP contribution in [-0.2, 0) is 6.42 Å². The van der Waals surface area contributed by atoms with E-state index in [9.17, 15) is 4.79 Å². The summed E-state index contributed by atoms with van der Waals surface area (Å²) in [4.78, 5) is 26.6. The standard InChI is InChI=1S/C26H31N5O/c1-5-21-9-7-11-23(17-21)28-26(32)31-14-12-30(13-15-31)25-19(3)20(4)27-24(29-25)22-10-6-8-18(2)16-22/h6-11,16-17H,5,12-15H2,1-4H3,(H,28,32). The van der Waals surface area contributed by atoms with Crippen LogP contribution in [0.2, 0.25) is 0 Å². The van der Waals surface area contributed by atoms with Gasteiger partial charge in [-0.3, -0.25) is 0 Å². The topological polar surface area (TPSA) is 61.4 Å². The molecule has 3 aromatic rings. The zero-order valence-electron chi connectivity index (χ0n) is 19.4.